The van der Waals surface area contributed by atoms with Gasteiger partial charge in [-0.3, -0.25) is 0 Å². The molecule has 140 valence electrons. The molecule has 9 heteroatoms. The molecule has 0 bridgehead atoms. The summed E-state index contributed by atoms with van der Waals surface area (Å²) >= 11 is 6.34. The fraction of sp³-hybridized carbons (Fsp3) is 0.111. The topological polar surface area (TPSA) is 76.3 Å². The summed E-state index contributed by atoms with van der Waals surface area (Å²) in [5.74, 6) is -0.319. The minimum absolute atomic E-state index is 0.108. The molecule has 1 aromatic heterocycles. The number of sulfonamides is 1. The normalized spacial score (nSPS) is 11.8. The van der Waals surface area contributed by atoms with E-state index in [2.05, 4.69) is 15.0 Å². The monoisotopic (exact) mass is 406 g/mol. The van der Waals surface area contributed by atoms with Crippen LogP contribution in [0.1, 0.15) is 16.8 Å². The average Bonchev–Trinajstić information content (AvgIpc) is 2.91. The van der Waals surface area contributed by atoms with Gasteiger partial charge in [-0.1, -0.05) is 41.9 Å². The van der Waals surface area contributed by atoms with Gasteiger partial charge in [0.2, 0.25) is 0 Å². The second kappa shape index (κ2) is 7.89. The summed E-state index contributed by atoms with van der Waals surface area (Å²) in [6.07, 6.45) is 1.31. The van der Waals surface area contributed by atoms with Crippen molar-refractivity contribution >= 4 is 27.8 Å². The summed E-state index contributed by atoms with van der Waals surface area (Å²) in [7, 11) is -3.76. The van der Waals surface area contributed by atoms with Crippen LogP contribution in [0.2, 0.25) is 5.15 Å². The van der Waals surface area contributed by atoms with Crippen molar-refractivity contribution in [2.75, 3.05) is 0 Å². The van der Waals surface area contributed by atoms with Crippen molar-refractivity contribution in [3.05, 3.63) is 82.4 Å². The first-order valence-corrected chi connectivity index (χ1v) is 9.80. The Balaban J connectivity index is 1.76. The van der Waals surface area contributed by atoms with Crippen LogP contribution in [0.4, 0.5) is 4.39 Å². The summed E-state index contributed by atoms with van der Waals surface area (Å²) < 4.78 is 38.9. The van der Waals surface area contributed by atoms with Gasteiger partial charge < -0.3 is 0 Å². The number of rotatable bonds is 6. The summed E-state index contributed by atoms with van der Waals surface area (Å²) in [4.78, 5) is 2.26. The number of halogens is 2. The molecule has 0 unspecified atom stereocenters. The van der Waals surface area contributed by atoms with E-state index in [4.69, 9.17) is 11.6 Å². The number of nitrogens with zero attached hydrogens (tertiary/aromatic N) is 3. The van der Waals surface area contributed by atoms with Gasteiger partial charge in [0.1, 0.15) is 11.0 Å². The Labute approximate surface area is 161 Å². The number of nitrogens with one attached hydrogen (secondary N) is 1. The van der Waals surface area contributed by atoms with Crippen molar-refractivity contribution < 1.29 is 12.8 Å². The van der Waals surface area contributed by atoms with Crippen LogP contribution >= 0.6 is 11.6 Å². The highest BCUT2D eigenvalue weighted by molar-refractivity contribution is 7.89. The van der Waals surface area contributed by atoms with E-state index >= 15 is 0 Å². The quantitative estimate of drug-likeness (QED) is 0.503. The van der Waals surface area contributed by atoms with Crippen molar-refractivity contribution in [2.24, 2.45) is 5.10 Å². The van der Waals surface area contributed by atoms with E-state index in [0.717, 1.165) is 5.56 Å². The number of benzene rings is 2. The smallest absolute Gasteiger partial charge is 0.249 e. The van der Waals surface area contributed by atoms with Gasteiger partial charge in [-0.25, -0.2) is 13.9 Å². The minimum atomic E-state index is -3.76. The highest BCUT2D eigenvalue weighted by Crippen LogP contribution is 2.19. The van der Waals surface area contributed by atoms with Crippen LogP contribution in [0.15, 0.2) is 64.6 Å². The summed E-state index contributed by atoms with van der Waals surface area (Å²) in [6.45, 7) is 2.09. The maximum Gasteiger partial charge on any atom is 0.276 e. The first-order chi connectivity index (χ1) is 12.9. The van der Waals surface area contributed by atoms with E-state index in [1.54, 1.807) is 37.3 Å². The van der Waals surface area contributed by atoms with Crippen LogP contribution in [0, 0.1) is 12.7 Å². The number of hydrogen-bond acceptors (Lipinski definition) is 4. The van der Waals surface area contributed by atoms with Crippen LogP contribution in [0.25, 0.3) is 0 Å². The Morgan fingerprint density at radius 3 is 2.52 bits per heavy atom. The molecular weight excluding hydrogens is 391 g/mol. The molecular formula is C18H16ClFN4O2S. The molecule has 1 N–H and O–H groups in total. The maximum absolute atomic E-state index is 13.0. The Hall–Kier alpha value is -2.71. The van der Waals surface area contributed by atoms with Gasteiger partial charge in [0.25, 0.3) is 10.0 Å². The first kappa shape index (κ1) is 19.1. The predicted octanol–water partition coefficient (Wildman–Crippen LogP) is 3.34. The fourth-order valence-corrected chi connectivity index (χ4v) is 3.49. The lowest BCUT2D eigenvalue weighted by molar-refractivity contribution is 0.584. The molecule has 1 heterocycles. The molecule has 3 aromatic rings. The second-order valence-electron chi connectivity index (χ2n) is 5.74. The third kappa shape index (κ3) is 4.53. The van der Waals surface area contributed by atoms with Crippen LogP contribution in [0.3, 0.4) is 0 Å². The van der Waals surface area contributed by atoms with Crippen molar-refractivity contribution in [1.82, 2.24) is 14.6 Å². The van der Waals surface area contributed by atoms with Crippen LogP contribution in [-0.4, -0.2) is 24.4 Å². The Bertz CT molecular complexity index is 1060. The third-order valence-electron chi connectivity index (χ3n) is 3.78. The molecule has 0 saturated carbocycles. The largest absolute Gasteiger partial charge is 0.276 e. The van der Waals surface area contributed by atoms with Crippen molar-refractivity contribution in [1.29, 1.82) is 0 Å². The van der Waals surface area contributed by atoms with Crippen LogP contribution < -0.4 is 4.83 Å². The Kier molecular flexibility index (Phi) is 5.57. The molecule has 0 saturated heterocycles. The number of aryl methyl sites for hydroxylation is 1. The van der Waals surface area contributed by atoms with Gasteiger partial charge in [0.05, 0.1) is 28.9 Å². The zero-order valence-corrected chi connectivity index (χ0v) is 15.9. The highest BCUT2D eigenvalue weighted by atomic mass is 35.5. The molecule has 3 rings (SSSR count). The standard InChI is InChI=1S/C18H16ClFN4O2S/c1-13-17(11-21-23-27(25,26)16-5-3-2-4-6-16)18(19)24(22-13)12-14-7-9-15(20)10-8-14/h2-11,23H,12H2,1H3. The predicted molar refractivity (Wildman–Crippen MR) is 102 cm³/mol. The lowest BCUT2D eigenvalue weighted by atomic mass is 10.2. The van der Waals surface area contributed by atoms with Gasteiger partial charge >= 0.3 is 0 Å². The van der Waals surface area contributed by atoms with Gasteiger partial charge in [0.15, 0.2) is 0 Å². The first-order valence-electron chi connectivity index (χ1n) is 7.94. The maximum atomic E-state index is 13.0. The molecule has 6 nitrogen and oxygen atoms in total. The van der Waals surface area contributed by atoms with E-state index in [1.165, 1.54) is 35.2 Å². The average molecular weight is 407 g/mol. The Morgan fingerprint density at radius 1 is 1.19 bits per heavy atom. The van der Waals surface area contributed by atoms with Crippen LogP contribution in [-0.2, 0) is 16.6 Å². The second-order valence-corrected chi connectivity index (χ2v) is 7.76. The summed E-state index contributed by atoms with van der Waals surface area (Å²) in [6, 6.07) is 13.9. The van der Waals surface area contributed by atoms with Crippen molar-refractivity contribution in [3.63, 3.8) is 0 Å². The SMILES string of the molecule is Cc1nn(Cc2ccc(F)cc2)c(Cl)c1C=NNS(=O)(=O)c1ccccc1. The number of hydrazone groups is 1. The van der Waals surface area contributed by atoms with E-state index in [1.807, 2.05) is 0 Å². The molecule has 0 aliphatic carbocycles. The van der Waals surface area contributed by atoms with Gasteiger partial charge in [-0.2, -0.15) is 18.6 Å². The van der Waals surface area contributed by atoms with Crippen molar-refractivity contribution in [3.8, 4) is 0 Å². The van der Waals surface area contributed by atoms with Crippen LogP contribution in [0.5, 0.6) is 0 Å². The molecule has 0 fully saturated rings. The zero-order valence-electron chi connectivity index (χ0n) is 14.3. The lowest BCUT2D eigenvalue weighted by Crippen LogP contribution is -2.18. The molecule has 0 atom stereocenters. The van der Waals surface area contributed by atoms with Crippen molar-refractivity contribution in [2.45, 2.75) is 18.4 Å². The molecule has 2 aromatic carbocycles. The summed E-state index contributed by atoms with van der Waals surface area (Å²) in [5, 5.41) is 8.42. The van der Waals surface area contributed by atoms with E-state index in [-0.39, 0.29) is 10.7 Å². The highest BCUT2D eigenvalue weighted by Gasteiger charge is 2.14. The third-order valence-corrected chi connectivity index (χ3v) is 5.41. The molecule has 0 amide bonds. The molecule has 27 heavy (non-hydrogen) atoms. The van der Waals surface area contributed by atoms with E-state index in [0.29, 0.717) is 23.0 Å². The number of hydrogen-bond donors (Lipinski definition) is 1. The summed E-state index contributed by atoms with van der Waals surface area (Å²) in [5.41, 5.74) is 1.91. The van der Waals surface area contributed by atoms with Gasteiger partial charge in [-0.15, -0.1) is 0 Å². The minimum Gasteiger partial charge on any atom is -0.249 e. The Morgan fingerprint density at radius 2 is 1.85 bits per heavy atom. The van der Waals surface area contributed by atoms with Gasteiger partial charge in [0, 0.05) is 0 Å². The van der Waals surface area contributed by atoms with E-state index in [9.17, 15) is 12.8 Å². The van der Waals surface area contributed by atoms with Gasteiger partial charge in [-0.05, 0) is 36.8 Å². The number of aromatic nitrogens is 2. The zero-order chi connectivity index (χ0) is 19.4. The molecule has 0 aliphatic rings. The molecule has 0 radical (unpaired) electrons. The molecule has 0 spiro atoms. The van der Waals surface area contributed by atoms with E-state index < -0.39 is 10.0 Å². The fourth-order valence-electron chi connectivity index (χ4n) is 2.39. The lowest BCUT2D eigenvalue weighted by Gasteiger charge is -2.04. The molecule has 0 aliphatic heterocycles.